The predicted molar refractivity (Wildman–Crippen MR) is 110 cm³/mol. The average Bonchev–Trinajstić information content (AvgIpc) is 3.06. The van der Waals surface area contributed by atoms with E-state index in [0.29, 0.717) is 13.1 Å². The Morgan fingerprint density at radius 2 is 1.82 bits per heavy atom. The Balaban J connectivity index is 1.41. The van der Waals surface area contributed by atoms with Gasteiger partial charge in [-0.1, -0.05) is 13.8 Å². The molecular weight excluding hydrogens is 354 g/mol. The van der Waals surface area contributed by atoms with Gasteiger partial charge in [-0.15, -0.1) is 0 Å². The van der Waals surface area contributed by atoms with E-state index in [-0.39, 0.29) is 24.2 Å². The third-order valence-electron chi connectivity index (χ3n) is 5.77. The van der Waals surface area contributed by atoms with Gasteiger partial charge < -0.3 is 19.9 Å². The first-order valence-electron chi connectivity index (χ1n) is 10.4. The van der Waals surface area contributed by atoms with Gasteiger partial charge >= 0.3 is 0 Å². The van der Waals surface area contributed by atoms with Gasteiger partial charge in [0.05, 0.1) is 13.0 Å². The minimum Gasteiger partial charge on any atom is -0.497 e. The van der Waals surface area contributed by atoms with Crippen LogP contribution in [-0.4, -0.2) is 56.5 Å². The van der Waals surface area contributed by atoms with E-state index in [1.165, 1.54) is 6.42 Å². The third-order valence-corrected chi connectivity index (χ3v) is 5.77. The standard InChI is InChI=1S/C22H33N3O3/c1-16-11-17(2)14-24(13-16)10-4-9-23-22(27)18-12-21(26)25(15-18)19-5-7-20(28-3)8-6-19/h5-8,16-18H,4,9-15H2,1-3H3,(H,23,27). The molecule has 0 radical (unpaired) electrons. The number of rotatable bonds is 7. The van der Waals surface area contributed by atoms with Gasteiger partial charge in [-0.3, -0.25) is 9.59 Å². The van der Waals surface area contributed by atoms with Gasteiger partial charge in [0.15, 0.2) is 0 Å². The fourth-order valence-corrected chi connectivity index (χ4v) is 4.53. The highest BCUT2D eigenvalue weighted by molar-refractivity contribution is 6.00. The molecule has 2 aliphatic rings. The summed E-state index contributed by atoms with van der Waals surface area (Å²) in [4.78, 5) is 29.1. The van der Waals surface area contributed by atoms with Crippen LogP contribution in [0.5, 0.6) is 5.75 Å². The van der Waals surface area contributed by atoms with E-state index in [1.54, 1.807) is 12.0 Å². The molecule has 2 amide bonds. The minimum absolute atomic E-state index is 0.00149. The summed E-state index contributed by atoms with van der Waals surface area (Å²) in [7, 11) is 1.61. The lowest BCUT2D eigenvalue weighted by atomic mass is 9.92. The molecule has 0 aliphatic carbocycles. The molecule has 0 saturated carbocycles. The molecular formula is C22H33N3O3. The van der Waals surface area contributed by atoms with Crippen LogP contribution in [0.2, 0.25) is 0 Å². The molecule has 0 aromatic heterocycles. The molecule has 2 saturated heterocycles. The second-order valence-corrected chi connectivity index (χ2v) is 8.45. The first-order chi connectivity index (χ1) is 13.5. The zero-order chi connectivity index (χ0) is 20.1. The highest BCUT2D eigenvalue weighted by Crippen LogP contribution is 2.27. The second-order valence-electron chi connectivity index (χ2n) is 8.45. The summed E-state index contributed by atoms with van der Waals surface area (Å²) in [6.07, 6.45) is 2.54. The van der Waals surface area contributed by atoms with Gasteiger partial charge in [0.2, 0.25) is 11.8 Å². The minimum atomic E-state index is -0.273. The maximum atomic E-state index is 12.5. The number of nitrogens with zero attached hydrogens (tertiary/aromatic N) is 2. The van der Waals surface area contributed by atoms with Gasteiger partial charge in [-0.05, 0) is 55.5 Å². The first kappa shape index (κ1) is 20.6. The van der Waals surface area contributed by atoms with Crippen molar-refractivity contribution < 1.29 is 14.3 Å². The first-order valence-corrected chi connectivity index (χ1v) is 10.4. The van der Waals surface area contributed by atoms with Gasteiger partial charge in [0.25, 0.3) is 0 Å². The van der Waals surface area contributed by atoms with E-state index in [9.17, 15) is 9.59 Å². The third kappa shape index (κ3) is 5.25. The quantitative estimate of drug-likeness (QED) is 0.731. The molecule has 6 heteroatoms. The molecule has 3 unspecified atom stereocenters. The maximum Gasteiger partial charge on any atom is 0.227 e. The number of hydrogen-bond donors (Lipinski definition) is 1. The Kier molecular flexibility index (Phi) is 6.94. The van der Waals surface area contributed by atoms with E-state index in [1.807, 2.05) is 24.3 Å². The summed E-state index contributed by atoms with van der Waals surface area (Å²) in [5.41, 5.74) is 0.814. The molecule has 2 heterocycles. The summed E-state index contributed by atoms with van der Waals surface area (Å²) >= 11 is 0. The molecule has 1 N–H and O–H groups in total. The maximum absolute atomic E-state index is 12.5. The molecule has 6 nitrogen and oxygen atoms in total. The monoisotopic (exact) mass is 387 g/mol. The van der Waals surface area contributed by atoms with Crippen LogP contribution < -0.4 is 15.0 Å². The lowest BCUT2D eigenvalue weighted by Crippen LogP contribution is -2.40. The van der Waals surface area contributed by atoms with E-state index in [2.05, 4.69) is 24.1 Å². The smallest absolute Gasteiger partial charge is 0.227 e. The average molecular weight is 388 g/mol. The number of anilines is 1. The summed E-state index contributed by atoms with van der Waals surface area (Å²) < 4.78 is 5.16. The molecule has 154 valence electrons. The Labute approximate surface area is 168 Å². The van der Waals surface area contributed by atoms with Gasteiger partial charge in [0.1, 0.15) is 5.75 Å². The lowest BCUT2D eigenvalue weighted by molar-refractivity contribution is -0.126. The van der Waals surface area contributed by atoms with Crippen molar-refractivity contribution in [2.24, 2.45) is 17.8 Å². The van der Waals surface area contributed by atoms with Crippen LogP contribution in [0.3, 0.4) is 0 Å². The van der Waals surface area contributed by atoms with Crippen molar-refractivity contribution in [3.8, 4) is 5.75 Å². The van der Waals surface area contributed by atoms with Crippen LogP contribution in [0.15, 0.2) is 24.3 Å². The van der Waals surface area contributed by atoms with E-state index < -0.39 is 0 Å². The SMILES string of the molecule is COc1ccc(N2CC(C(=O)NCCCN3CC(C)CC(C)C3)CC2=O)cc1. The van der Waals surface area contributed by atoms with Gasteiger partial charge in [-0.2, -0.15) is 0 Å². The second kappa shape index (κ2) is 9.41. The number of benzene rings is 1. The molecule has 28 heavy (non-hydrogen) atoms. The topological polar surface area (TPSA) is 61.9 Å². The van der Waals surface area contributed by atoms with Crippen molar-refractivity contribution >= 4 is 17.5 Å². The molecule has 0 bridgehead atoms. The Bertz CT molecular complexity index is 666. The molecule has 2 fully saturated rings. The fraction of sp³-hybridized carbons (Fsp3) is 0.636. The molecule has 3 atom stereocenters. The van der Waals surface area contributed by atoms with E-state index in [0.717, 1.165) is 49.3 Å². The van der Waals surface area contributed by atoms with Crippen LogP contribution in [0, 0.1) is 17.8 Å². The lowest BCUT2D eigenvalue weighted by Gasteiger charge is -2.34. The molecule has 1 aromatic carbocycles. The van der Waals surface area contributed by atoms with Crippen LogP contribution in [0.1, 0.15) is 33.1 Å². The largest absolute Gasteiger partial charge is 0.497 e. The number of likely N-dealkylation sites (tertiary alicyclic amines) is 1. The van der Waals surface area contributed by atoms with Crippen molar-refractivity contribution in [2.75, 3.05) is 44.7 Å². The number of hydrogen-bond acceptors (Lipinski definition) is 4. The molecule has 2 aliphatic heterocycles. The number of ether oxygens (including phenoxy) is 1. The van der Waals surface area contributed by atoms with E-state index in [4.69, 9.17) is 4.74 Å². The van der Waals surface area contributed by atoms with Crippen LogP contribution in [0.25, 0.3) is 0 Å². The van der Waals surface area contributed by atoms with Crippen LogP contribution >= 0.6 is 0 Å². The number of carbonyl (C=O) groups excluding carboxylic acids is 2. The Morgan fingerprint density at radius 3 is 2.46 bits per heavy atom. The molecule has 3 rings (SSSR count). The predicted octanol–water partition coefficient (Wildman–Crippen LogP) is 2.53. The fourth-order valence-electron chi connectivity index (χ4n) is 4.53. The van der Waals surface area contributed by atoms with Gasteiger partial charge in [0, 0.05) is 38.3 Å². The van der Waals surface area contributed by atoms with Crippen molar-refractivity contribution in [1.29, 1.82) is 0 Å². The summed E-state index contributed by atoms with van der Waals surface area (Å²) in [6, 6.07) is 7.38. The Morgan fingerprint density at radius 1 is 1.14 bits per heavy atom. The van der Waals surface area contributed by atoms with Crippen molar-refractivity contribution in [1.82, 2.24) is 10.2 Å². The van der Waals surface area contributed by atoms with Gasteiger partial charge in [-0.25, -0.2) is 0 Å². The highest BCUT2D eigenvalue weighted by atomic mass is 16.5. The number of carbonyl (C=O) groups is 2. The highest BCUT2D eigenvalue weighted by Gasteiger charge is 2.35. The summed E-state index contributed by atoms with van der Waals surface area (Å²) in [6.45, 7) is 9.09. The molecule has 0 spiro atoms. The normalized spacial score (nSPS) is 25.8. The zero-order valence-corrected chi connectivity index (χ0v) is 17.3. The molecule has 1 aromatic rings. The number of amides is 2. The zero-order valence-electron chi connectivity index (χ0n) is 17.3. The van der Waals surface area contributed by atoms with E-state index >= 15 is 0 Å². The van der Waals surface area contributed by atoms with Crippen LogP contribution in [0.4, 0.5) is 5.69 Å². The number of piperidine rings is 1. The van der Waals surface area contributed by atoms with Crippen molar-refractivity contribution in [3.05, 3.63) is 24.3 Å². The summed E-state index contributed by atoms with van der Waals surface area (Å²) in [5, 5.41) is 3.03. The number of methoxy groups -OCH3 is 1. The van der Waals surface area contributed by atoms with Crippen LogP contribution in [-0.2, 0) is 9.59 Å². The Hall–Kier alpha value is -2.08. The summed E-state index contributed by atoms with van der Waals surface area (Å²) in [5.74, 6) is 1.98. The van der Waals surface area contributed by atoms with Crippen molar-refractivity contribution in [2.45, 2.75) is 33.1 Å². The number of nitrogens with one attached hydrogen (secondary N) is 1. The van der Waals surface area contributed by atoms with Crippen molar-refractivity contribution in [3.63, 3.8) is 0 Å².